The Labute approximate surface area is 236 Å². The number of benzene rings is 1. The number of hydrogen-bond acceptors (Lipinski definition) is 6. The van der Waals surface area contributed by atoms with Crippen LogP contribution < -0.4 is 11.1 Å². The maximum Gasteiger partial charge on any atom is 0.245 e. The topological polar surface area (TPSA) is 114 Å². The number of nitrogens with two attached hydrogens (primary N) is 1. The van der Waals surface area contributed by atoms with E-state index in [4.69, 9.17) is 10.7 Å². The molecule has 2 amide bonds. The van der Waals surface area contributed by atoms with E-state index in [1.165, 1.54) is 17.0 Å². The zero-order valence-electron chi connectivity index (χ0n) is 22.5. The molecule has 10 heteroatoms. The van der Waals surface area contributed by atoms with Gasteiger partial charge in [-0.3, -0.25) is 9.59 Å². The van der Waals surface area contributed by atoms with Crippen molar-refractivity contribution >= 4 is 29.3 Å². The summed E-state index contributed by atoms with van der Waals surface area (Å²) in [6.07, 6.45) is 7.53. The number of halogens is 2. The molecule has 41 heavy (non-hydrogen) atoms. The molecule has 7 rings (SSSR count). The molecule has 2 spiro atoms. The first-order valence-electron chi connectivity index (χ1n) is 14.1. The fourth-order valence-electron chi connectivity index (χ4n) is 7.45. The van der Waals surface area contributed by atoms with Crippen LogP contribution in [-0.2, 0) is 27.8 Å². The summed E-state index contributed by atoms with van der Waals surface area (Å²) in [4.78, 5) is 42.3. The molecule has 0 radical (unpaired) electrons. The quantitative estimate of drug-likeness (QED) is 0.486. The summed E-state index contributed by atoms with van der Waals surface area (Å²) in [6.45, 7) is -0.231. The number of anilines is 1. The van der Waals surface area contributed by atoms with Crippen LogP contribution in [0.25, 0.3) is 0 Å². The highest BCUT2D eigenvalue weighted by atomic mass is 19.1. The van der Waals surface area contributed by atoms with Gasteiger partial charge in [0, 0.05) is 35.4 Å². The lowest BCUT2D eigenvalue weighted by atomic mass is 9.74. The highest BCUT2D eigenvalue weighted by Gasteiger charge is 2.50. The molecule has 2 aliphatic carbocycles. The summed E-state index contributed by atoms with van der Waals surface area (Å²) in [5.41, 5.74) is 8.59. The van der Waals surface area contributed by atoms with E-state index in [2.05, 4.69) is 15.3 Å². The van der Waals surface area contributed by atoms with Gasteiger partial charge in [0.25, 0.3) is 0 Å². The van der Waals surface area contributed by atoms with Crippen LogP contribution in [0.1, 0.15) is 67.0 Å². The first-order valence-corrected chi connectivity index (χ1v) is 14.1. The number of nitrogens with zero attached hydrogens (tertiary/aromatic N) is 4. The van der Waals surface area contributed by atoms with Gasteiger partial charge in [0.1, 0.15) is 29.8 Å². The van der Waals surface area contributed by atoms with Gasteiger partial charge in [-0.1, -0.05) is 25.0 Å². The Morgan fingerprint density at radius 3 is 2.63 bits per heavy atom. The lowest BCUT2D eigenvalue weighted by Gasteiger charge is -2.44. The molecule has 1 saturated carbocycles. The van der Waals surface area contributed by atoms with Gasteiger partial charge in [-0.2, -0.15) is 0 Å². The van der Waals surface area contributed by atoms with E-state index in [-0.39, 0.29) is 12.5 Å². The van der Waals surface area contributed by atoms with Gasteiger partial charge in [0.05, 0.1) is 11.5 Å². The number of piperidine rings is 1. The highest BCUT2D eigenvalue weighted by Crippen LogP contribution is 2.50. The number of nitrogens with one attached hydrogen (secondary N) is 1. The summed E-state index contributed by atoms with van der Waals surface area (Å²) < 4.78 is 28.3. The number of aromatic nitrogens is 2. The third-order valence-electron chi connectivity index (χ3n) is 9.45. The average molecular weight is 557 g/mol. The van der Waals surface area contributed by atoms with Gasteiger partial charge in [-0.15, -0.1) is 0 Å². The Bertz CT molecular complexity index is 1600. The van der Waals surface area contributed by atoms with E-state index in [1.807, 2.05) is 18.2 Å². The van der Waals surface area contributed by atoms with Crippen molar-refractivity contribution in [2.75, 3.05) is 11.9 Å². The number of amides is 2. The van der Waals surface area contributed by atoms with Crippen molar-refractivity contribution in [3.63, 3.8) is 0 Å². The van der Waals surface area contributed by atoms with Gasteiger partial charge in [-0.05, 0) is 67.5 Å². The lowest BCUT2D eigenvalue weighted by molar-refractivity contribution is -0.152. The number of aliphatic imine (C=N–C) groups is 1. The Morgan fingerprint density at radius 2 is 1.85 bits per heavy atom. The summed E-state index contributed by atoms with van der Waals surface area (Å²) in [6, 6.07) is 10.3. The molecule has 4 heterocycles. The van der Waals surface area contributed by atoms with Crippen LogP contribution in [0.2, 0.25) is 0 Å². The van der Waals surface area contributed by atoms with Crippen LogP contribution >= 0.6 is 0 Å². The van der Waals surface area contributed by atoms with E-state index in [9.17, 15) is 18.4 Å². The summed E-state index contributed by atoms with van der Waals surface area (Å²) in [7, 11) is 0. The van der Waals surface area contributed by atoms with Gasteiger partial charge >= 0.3 is 0 Å². The van der Waals surface area contributed by atoms with Crippen LogP contribution in [0.3, 0.4) is 0 Å². The Hall–Kier alpha value is -4.21. The predicted octanol–water partition coefficient (Wildman–Crippen LogP) is 4.66. The molecule has 8 nitrogen and oxygen atoms in total. The second-order valence-corrected chi connectivity index (χ2v) is 11.8. The third-order valence-corrected chi connectivity index (χ3v) is 9.45. The summed E-state index contributed by atoms with van der Waals surface area (Å²) >= 11 is 0. The van der Waals surface area contributed by atoms with E-state index in [1.54, 1.807) is 12.3 Å². The normalized spacial score (nSPS) is 24.0. The van der Waals surface area contributed by atoms with Crippen LogP contribution in [-0.4, -0.2) is 39.1 Å². The molecule has 3 aromatic rings. The second kappa shape index (κ2) is 9.43. The number of likely N-dealkylation sites (tertiary alicyclic amines) is 1. The minimum Gasteiger partial charge on any atom is -0.386 e. The second-order valence-electron chi connectivity index (χ2n) is 11.8. The average Bonchev–Trinajstić information content (AvgIpc) is 3.63. The number of carbonyl (C=O) groups is 2. The Morgan fingerprint density at radius 1 is 1.07 bits per heavy atom. The monoisotopic (exact) mass is 556 g/mol. The number of fused-ring (bicyclic) bond motifs is 3. The largest absolute Gasteiger partial charge is 0.386 e. The molecule has 1 saturated heterocycles. The zero-order valence-corrected chi connectivity index (χ0v) is 22.5. The minimum atomic E-state index is -0.704. The van der Waals surface area contributed by atoms with Gasteiger partial charge in [-0.25, -0.2) is 23.7 Å². The SMILES string of the molecule is NC1=Nc2ncccc2C12Cc1ccc(NC(=O)CN3C(=O)C4(CCCC4)CC[C@H]3c3cc(F)cc(F)c3)nc1C2. The molecule has 1 unspecified atom stereocenters. The van der Waals surface area contributed by atoms with Crippen molar-refractivity contribution < 1.29 is 18.4 Å². The number of rotatable bonds is 4. The number of carbonyl (C=O) groups excluding carboxylic acids is 2. The lowest BCUT2D eigenvalue weighted by Crippen LogP contribution is -2.51. The molecule has 2 fully saturated rings. The molecular formula is C31H30F2N6O2. The number of pyridine rings is 2. The van der Waals surface area contributed by atoms with E-state index in [0.717, 1.165) is 48.6 Å². The minimum absolute atomic E-state index is 0.113. The molecule has 0 bridgehead atoms. The molecule has 3 N–H and O–H groups in total. The smallest absolute Gasteiger partial charge is 0.245 e. The van der Waals surface area contributed by atoms with Crippen LogP contribution in [0.15, 0.2) is 53.7 Å². The fraction of sp³-hybridized carbons (Fsp3) is 0.387. The van der Waals surface area contributed by atoms with Crippen LogP contribution in [0.4, 0.5) is 20.4 Å². The number of hydrogen-bond donors (Lipinski definition) is 2. The van der Waals surface area contributed by atoms with Crippen LogP contribution in [0, 0.1) is 17.0 Å². The van der Waals surface area contributed by atoms with E-state index in [0.29, 0.717) is 48.7 Å². The maximum absolute atomic E-state index is 14.1. The fourth-order valence-corrected chi connectivity index (χ4v) is 7.45. The summed E-state index contributed by atoms with van der Waals surface area (Å²) in [5, 5.41) is 2.86. The number of amidine groups is 1. The summed E-state index contributed by atoms with van der Waals surface area (Å²) in [5.74, 6) is -0.414. The van der Waals surface area contributed by atoms with Crippen molar-refractivity contribution in [3.05, 3.63) is 82.7 Å². The zero-order chi connectivity index (χ0) is 28.4. The maximum atomic E-state index is 14.1. The molecule has 2 aromatic heterocycles. The van der Waals surface area contributed by atoms with Crippen molar-refractivity contribution in [1.82, 2.24) is 14.9 Å². The Kier molecular flexibility index (Phi) is 5.92. The Balaban J connectivity index is 1.12. The van der Waals surface area contributed by atoms with Gasteiger partial charge < -0.3 is 16.0 Å². The van der Waals surface area contributed by atoms with Crippen LogP contribution in [0.5, 0.6) is 0 Å². The van der Waals surface area contributed by atoms with E-state index >= 15 is 0 Å². The van der Waals surface area contributed by atoms with Gasteiger partial charge in [0.2, 0.25) is 11.8 Å². The van der Waals surface area contributed by atoms with Crippen molar-refractivity contribution in [2.45, 2.75) is 62.8 Å². The van der Waals surface area contributed by atoms with Crippen molar-refractivity contribution in [2.24, 2.45) is 16.1 Å². The first kappa shape index (κ1) is 25.7. The first-order chi connectivity index (χ1) is 19.8. The molecule has 1 aromatic carbocycles. The standard InChI is InChI=1S/C31H30F2N6O2/c32-20-12-19(13-21(33)14-20)24-7-10-30(8-1-2-9-30)29(41)39(24)17-26(40)37-25-6-5-18-15-31(16-23(18)36-25)22-4-3-11-35-27(22)38-28(31)34/h3-6,11-14,24H,1-2,7-10,15-17H2,(H2,34,35,38)(H,36,37,40)/t24-,31?/m0/s1. The predicted molar refractivity (Wildman–Crippen MR) is 148 cm³/mol. The highest BCUT2D eigenvalue weighted by molar-refractivity contribution is 6.00. The van der Waals surface area contributed by atoms with Crippen molar-refractivity contribution in [3.8, 4) is 0 Å². The molecule has 2 atom stereocenters. The molecule has 210 valence electrons. The third kappa shape index (κ3) is 4.19. The molecule has 2 aliphatic heterocycles. The van der Waals surface area contributed by atoms with Crippen molar-refractivity contribution in [1.29, 1.82) is 0 Å². The molecule has 4 aliphatic rings. The van der Waals surface area contributed by atoms with E-state index < -0.39 is 34.4 Å². The molecular weight excluding hydrogens is 526 g/mol. The van der Waals surface area contributed by atoms with Gasteiger partial charge in [0.15, 0.2) is 5.82 Å².